The predicted molar refractivity (Wildman–Crippen MR) is 89.6 cm³/mol. The zero-order valence-electron chi connectivity index (χ0n) is 14.3. The standard InChI is InChI=1S/C17H29N3O4/c21-15(22)8-2-1-3-9-18-16(23)14-7-6-12-20(13-14)17(24)19-10-4-5-11-19/h14H,1-13H2,(H,18,23)(H,21,22). The molecule has 1 unspecified atom stereocenters. The van der Waals surface area contributed by atoms with Crippen molar-refractivity contribution in [1.29, 1.82) is 0 Å². The van der Waals surface area contributed by atoms with Gasteiger partial charge in [-0.15, -0.1) is 0 Å². The van der Waals surface area contributed by atoms with Crippen LogP contribution in [0.3, 0.4) is 0 Å². The Kier molecular flexibility index (Phi) is 7.34. The lowest BCUT2D eigenvalue weighted by Crippen LogP contribution is -2.49. The molecule has 0 radical (unpaired) electrons. The zero-order chi connectivity index (χ0) is 17.4. The quantitative estimate of drug-likeness (QED) is 0.691. The molecule has 3 amide bonds. The number of carboxylic acid groups (broad SMARTS) is 1. The number of nitrogens with one attached hydrogen (secondary N) is 1. The first kappa shape index (κ1) is 18.5. The molecule has 0 aromatic rings. The summed E-state index contributed by atoms with van der Waals surface area (Å²) in [7, 11) is 0. The summed E-state index contributed by atoms with van der Waals surface area (Å²) in [4.78, 5) is 38.8. The Hall–Kier alpha value is -1.79. The molecule has 136 valence electrons. The third-order valence-electron chi connectivity index (χ3n) is 4.81. The van der Waals surface area contributed by atoms with Gasteiger partial charge in [0.25, 0.3) is 0 Å². The van der Waals surface area contributed by atoms with E-state index in [9.17, 15) is 14.4 Å². The molecule has 0 aromatic carbocycles. The van der Waals surface area contributed by atoms with E-state index in [2.05, 4.69) is 5.32 Å². The average Bonchev–Trinajstić information content (AvgIpc) is 3.11. The minimum atomic E-state index is -0.774. The predicted octanol–water partition coefficient (Wildman–Crippen LogP) is 1.68. The van der Waals surface area contributed by atoms with Gasteiger partial charge in [0, 0.05) is 39.1 Å². The summed E-state index contributed by atoms with van der Waals surface area (Å²) in [5, 5.41) is 11.5. The number of nitrogens with zero attached hydrogens (tertiary/aromatic N) is 2. The van der Waals surface area contributed by atoms with E-state index in [4.69, 9.17) is 5.11 Å². The van der Waals surface area contributed by atoms with Crippen LogP contribution < -0.4 is 5.32 Å². The van der Waals surface area contributed by atoms with Crippen molar-refractivity contribution in [2.24, 2.45) is 5.92 Å². The third kappa shape index (κ3) is 5.69. The zero-order valence-corrected chi connectivity index (χ0v) is 14.3. The lowest BCUT2D eigenvalue weighted by Gasteiger charge is -2.34. The summed E-state index contributed by atoms with van der Waals surface area (Å²) in [6.07, 6.45) is 6.28. The molecule has 0 spiro atoms. The van der Waals surface area contributed by atoms with Gasteiger partial charge in [0.15, 0.2) is 0 Å². The minimum absolute atomic E-state index is 0.0205. The number of carbonyl (C=O) groups is 3. The molecule has 2 fully saturated rings. The monoisotopic (exact) mass is 339 g/mol. The highest BCUT2D eigenvalue weighted by atomic mass is 16.4. The minimum Gasteiger partial charge on any atom is -0.481 e. The van der Waals surface area contributed by atoms with Gasteiger partial charge in [-0.25, -0.2) is 4.79 Å². The van der Waals surface area contributed by atoms with Crippen molar-refractivity contribution in [3.63, 3.8) is 0 Å². The van der Waals surface area contributed by atoms with Crippen LogP contribution in [0.25, 0.3) is 0 Å². The van der Waals surface area contributed by atoms with E-state index in [-0.39, 0.29) is 24.3 Å². The van der Waals surface area contributed by atoms with E-state index < -0.39 is 5.97 Å². The fraction of sp³-hybridized carbons (Fsp3) is 0.824. The van der Waals surface area contributed by atoms with E-state index in [1.165, 1.54) is 0 Å². The molecule has 24 heavy (non-hydrogen) atoms. The fourth-order valence-electron chi connectivity index (χ4n) is 3.41. The number of rotatable bonds is 7. The third-order valence-corrected chi connectivity index (χ3v) is 4.81. The molecule has 0 aromatic heterocycles. The number of carboxylic acids is 1. The molecule has 2 saturated heterocycles. The van der Waals surface area contributed by atoms with Crippen molar-refractivity contribution in [2.75, 3.05) is 32.7 Å². The molecule has 0 saturated carbocycles. The van der Waals surface area contributed by atoms with Gasteiger partial charge in [0.2, 0.25) is 5.91 Å². The van der Waals surface area contributed by atoms with Gasteiger partial charge < -0.3 is 20.2 Å². The maximum atomic E-state index is 12.4. The second kappa shape index (κ2) is 9.49. The van der Waals surface area contributed by atoms with Gasteiger partial charge in [0.05, 0.1) is 5.92 Å². The first-order valence-electron chi connectivity index (χ1n) is 9.11. The molecular formula is C17H29N3O4. The summed E-state index contributed by atoms with van der Waals surface area (Å²) >= 11 is 0. The number of hydrogen-bond acceptors (Lipinski definition) is 3. The van der Waals surface area contributed by atoms with E-state index in [1.807, 2.05) is 9.80 Å². The number of hydrogen-bond donors (Lipinski definition) is 2. The second-order valence-electron chi connectivity index (χ2n) is 6.76. The molecule has 0 bridgehead atoms. The number of unbranched alkanes of at least 4 members (excludes halogenated alkanes) is 2. The Balaban J connectivity index is 1.66. The van der Waals surface area contributed by atoms with Crippen molar-refractivity contribution in [3.05, 3.63) is 0 Å². The molecule has 2 N–H and O–H groups in total. The Morgan fingerprint density at radius 3 is 2.38 bits per heavy atom. The van der Waals surface area contributed by atoms with Crippen molar-refractivity contribution >= 4 is 17.9 Å². The Morgan fingerprint density at radius 2 is 1.67 bits per heavy atom. The molecular weight excluding hydrogens is 310 g/mol. The molecule has 0 aliphatic carbocycles. The second-order valence-corrected chi connectivity index (χ2v) is 6.76. The van der Waals surface area contributed by atoms with Crippen molar-refractivity contribution in [1.82, 2.24) is 15.1 Å². The summed E-state index contributed by atoms with van der Waals surface area (Å²) in [5.74, 6) is -0.875. The van der Waals surface area contributed by atoms with Crippen molar-refractivity contribution < 1.29 is 19.5 Å². The summed E-state index contributed by atoms with van der Waals surface area (Å²) in [6.45, 7) is 3.51. The van der Waals surface area contributed by atoms with E-state index in [0.717, 1.165) is 58.2 Å². The summed E-state index contributed by atoms with van der Waals surface area (Å²) in [6, 6.07) is 0.0821. The highest BCUT2D eigenvalue weighted by Crippen LogP contribution is 2.20. The van der Waals surface area contributed by atoms with E-state index in [0.29, 0.717) is 19.5 Å². The maximum Gasteiger partial charge on any atom is 0.320 e. The van der Waals surface area contributed by atoms with Gasteiger partial charge >= 0.3 is 12.0 Å². The van der Waals surface area contributed by atoms with E-state index in [1.54, 1.807) is 0 Å². The van der Waals surface area contributed by atoms with Crippen molar-refractivity contribution in [3.8, 4) is 0 Å². The van der Waals surface area contributed by atoms with Gasteiger partial charge in [-0.05, 0) is 38.5 Å². The Labute approximate surface area is 143 Å². The van der Waals surface area contributed by atoms with Crippen molar-refractivity contribution in [2.45, 2.75) is 51.4 Å². The van der Waals surface area contributed by atoms with Crippen LogP contribution in [0, 0.1) is 5.92 Å². The van der Waals surface area contributed by atoms with Gasteiger partial charge in [0.1, 0.15) is 0 Å². The highest BCUT2D eigenvalue weighted by Gasteiger charge is 2.31. The molecule has 2 rings (SSSR count). The fourth-order valence-corrected chi connectivity index (χ4v) is 3.41. The lowest BCUT2D eigenvalue weighted by atomic mass is 9.97. The van der Waals surface area contributed by atoms with E-state index >= 15 is 0 Å². The van der Waals surface area contributed by atoms with Crippen LogP contribution in [0.2, 0.25) is 0 Å². The van der Waals surface area contributed by atoms with Crippen LogP contribution in [-0.4, -0.2) is 65.5 Å². The number of aliphatic carboxylic acids is 1. The van der Waals surface area contributed by atoms with Crippen LogP contribution in [0.5, 0.6) is 0 Å². The first-order chi connectivity index (χ1) is 11.6. The van der Waals surface area contributed by atoms with Gasteiger partial charge in [-0.3, -0.25) is 9.59 Å². The summed E-state index contributed by atoms with van der Waals surface area (Å²) in [5.41, 5.74) is 0. The molecule has 7 heteroatoms. The highest BCUT2D eigenvalue weighted by molar-refractivity contribution is 5.81. The molecule has 2 aliphatic heterocycles. The van der Waals surface area contributed by atoms with Crippen LogP contribution in [-0.2, 0) is 9.59 Å². The summed E-state index contributed by atoms with van der Waals surface area (Å²) < 4.78 is 0. The maximum absolute atomic E-state index is 12.4. The lowest BCUT2D eigenvalue weighted by molar-refractivity contribution is -0.137. The Bertz CT molecular complexity index is 449. The molecule has 2 aliphatic rings. The average molecular weight is 339 g/mol. The topological polar surface area (TPSA) is 90.0 Å². The number of piperidine rings is 1. The van der Waals surface area contributed by atoms with Crippen LogP contribution >= 0.6 is 0 Å². The molecule has 2 heterocycles. The number of likely N-dealkylation sites (tertiary alicyclic amines) is 2. The normalized spacial score (nSPS) is 20.9. The first-order valence-corrected chi connectivity index (χ1v) is 9.11. The number of urea groups is 1. The Morgan fingerprint density at radius 1 is 0.958 bits per heavy atom. The molecule has 7 nitrogen and oxygen atoms in total. The number of amides is 3. The SMILES string of the molecule is O=C(O)CCCCCNC(=O)C1CCCN(C(=O)N2CCCC2)C1. The van der Waals surface area contributed by atoms with Crippen LogP contribution in [0.1, 0.15) is 51.4 Å². The largest absolute Gasteiger partial charge is 0.481 e. The smallest absolute Gasteiger partial charge is 0.320 e. The number of carbonyl (C=O) groups excluding carboxylic acids is 2. The van der Waals surface area contributed by atoms with Crippen LogP contribution in [0.15, 0.2) is 0 Å². The van der Waals surface area contributed by atoms with Crippen LogP contribution in [0.4, 0.5) is 4.79 Å². The molecule has 1 atom stereocenters. The van der Waals surface area contributed by atoms with Gasteiger partial charge in [-0.2, -0.15) is 0 Å². The van der Waals surface area contributed by atoms with Gasteiger partial charge in [-0.1, -0.05) is 6.42 Å².